The molecule has 0 saturated carbocycles. The molecular weight excluding hydrogens is 458 g/mol. The number of Topliss-reactive ketones (excluding diaryl/α,β-unsaturated/α-hetero) is 1. The number of nitrogens with zero attached hydrogens (tertiary/aromatic N) is 1. The van der Waals surface area contributed by atoms with E-state index >= 15 is 0 Å². The largest absolute Gasteiger partial charge is 0.452 e. The van der Waals surface area contributed by atoms with Crippen molar-refractivity contribution in [2.75, 3.05) is 43.1 Å². The van der Waals surface area contributed by atoms with Gasteiger partial charge in [-0.25, -0.2) is 0 Å². The molecule has 1 aromatic carbocycles. The van der Waals surface area contributed by atoms with Crippen molar-refractivity contribution in [2.45, 2.75) is 32.3 Å². The van der Waals surface area contributed by atoms with Gasteiger partial charge in [-0.05, 0) is 42.6 Å². The third-order valence-corrected chi connectivity index (χ3v) is 6.13. The summed E-state index contributed by atoms with van der Waals surface area (Å²) < 4.78 is 10.5. The van der Waals surface area contributed by atoms with E-state index in [1.165, 1.54) is 18.3 Å². The lowest BCUT2D eigenvalue weighted by atomic mass is 10.2. The molecule has 2 amide bonds. The quantitative estimate of drug-likeness (QED) is 0.370. The van der Waals surface area contributed by atoms with Gasteiger partial charge in [0.1, 0.15) is 0 Å². The average molecular weight is 488 g/mol. The third-order valence-electron chi connectivity index (χ3n) is 5.21. The fourth-order valence-electron chi connectivity index (χ4n) is 3.31. The number of hydrogen-bond donors (Lipinski definition) is 2. The summed E-state index contributed by atoms with van der Waals surface area (Å²) in [6.07, 6.45) is -0.891. The van der Waals surface area contributed by atoms with Crippen molar-refractivity contribution in [3.05, 3.63) is 46.7 Å². The molecule has 3 rings (SSSR count). The van der Waals surface area contributed by atoms with Gasteiger partial charge in [-0.3, -0.25) is 19.2 Å². The summed E-state index contributed by atoms with van der Waals surface area (Å²) in [6, 6.07) is 11.0. The zero-order valence-electron chi connectivity index (χ0n) is 19.1. The van der Waals surface area contributed by atoms with E-state index in [4.69, 9.17) is 9.47 Å². The van der Waals surface area contributed by atoms with Gasteiger partial charge in [-0.15, -0.1) is 11.3 Å². The topological polar surface area (TPSA) is 114 Å². The Bertz CT molecular complexity index is 971. The summed E-state index contributed by atoms with van der Waals surface area (Å²) in [5, 5.41) is 7.13. The van der Waals surface area contributed by atoms with Crippen LogP contribution in [0, 0.1) is 0 Å². The Morgan fingerprint density at radius 2 is 1.79 bits per heavy atom. The fourth-order valence-corrected chi connectivity index (χ4v) is 4.00. The van der Waals surface area contributed by atoms with Crippen molar-refractivity contribution < 1.29 is 28.7 Å². The van der Waals surface area contributed by atoms with Crippen LogP contribution in [0.1, 0.15) is 35.9 Å². The minimum absolute atomic E-state index is 0.0505. The van der Waals surface area contributed by atoms with Gasteiger partial charge in [-0.2, -0.15) is 0 Å². The van der Waals surface area contributed by atoms with Gasteiger partial charge < -0.3 is 25.0 Å². The van der Waals surface area contributed by atoms with Gasteiger partial charge in [0.05, 0.1) is 24.5 Å². The lowest BCUT2D eigenvalue weighted by Gasteiger charge is -2.28. The summed E-state index contributed by atoms with van der Waals surface area (Å²) in [7, 11) is 0. The van der Waals surface area contributed by atoms with E-state index in [1.54, 1.807) is 24.3 Å². The summed E-state index contributed by atoms with van der Waals surface area (Å²) in [5.41, 5.74) is 1.66. The lowest BCUT2D eigenvalue weighted by molar-refractivity contribution is -0.153. The molecule has 9 nitrogen and oxygen atoms in total. The predicted molar refractivity (Wildman–Crippen MR) is 129 cm³/mol. The maximum absolute atomic E-state index is 12.3. The molecule has 2 heterocycles. The summed E-state index contributed by atoms with van der Waals surface area (Å²) in [4.78, 5) is 51.0. The Morgan fingerprint density at radius 3 is 2.47 bits per heavy atom. The van der Waals surface area contributed by atoms with Crippen LogP contribution in [0.3, 0.4) is 0 Å². The molecule has 10 heteroatoms. The number of esters is 1. The zero-order valence-corrected chi connectivity index (χ0v) is 19.9. The first-order valence-electron chi connectivity index (χ1n) is 11.2. The number of nitrogens with one attached hydrogen (secondary N) is 2. The molecule has 1 unspecified atom stereocenters. The average Bonchev–Trinajstić information content (AvgIpc) is 3.39. The molecule has 0 spiro atoms. The number of morpholine rings is 1. The molecular formula is C24H29N3O6S. The van der Waals surface area contributed by atoms with Gasteiger partial charge >= 0.3 is 5.97 Å². The molecule has 1 aliphatic heterocycles. The first-order chi connectivity index (χ1) is 16.4. The number of amides is 2. The molecule has 1 fully saturated rings. The van der Waals surface area contributed by atoms with E-state index in [9.17, 15) is 19.2 Å². The van der Waals surface area contributed by atoms with Crippen molar-refractivity contribution in [3.63, 3.8) is 0 Å². The second-order valence-electron chi connectivity index (χ2n) is 7.77. The highest BCUT2D eigenvalue weighted by molar-refractivity contribution is 7.12. The summed E-state index contributed by atoms with van der Waals surface area (Å²) in [6.45, 7) is 4.60. The van der Waals surface area contributed by atoms with Crippen molar-refractivity contribution in [2.24, 2.45) is 0 Å². The van der Waals surface area contributed by atoms with E-state index in [2.05, 4.69) is 15.5 Å². The molecule has 2 aromatic rings. The minimum Gasteiger partial charge on any atom is -0.452 e. The molecule has 2 N–H and O–H groups in total. The molecule has 1 atom stereocenters. The third kappa shape index (κ3) is 7.96. The number of carbonyl (C=O) groups excluding carboxylic acids is 4. The number of anilines is 2. The van der Waals surface area contributed by atoms with E-state index in [0.717, 1.165) is 18.8 Å². The van der Waals surface area contributed by atoms with E-state index in [0.29, 0.717) is 23.8 Å². The second-order valence-corrected chi connectivity index (χ2v) is 8.72. The summed E-state index contributed by atoms with van der Waals surface area (Å²) in [5.74, 6) is -1.44. The maximum Gasteiger partial charge on any atom is 0.308 e. The maximum atomic E-state index is 12.3. The van der Waals surface area contributed by atoms with Crippen molar-refractivity contribution >= 4 is 46.3 Å². The molecule has 0 radical (unpaired) electrons. The molecule has 1 aliphatic rings. The Hall–Kier alpha value is -3.24. The number of ether oxygens (including phenoxy) is 2. The Kier molecular flexibility index (Phi) is 9.60. The highest BCUT2D eigenvalue weighted by Gasteiger charge is 2.19. The van der Waals surface area contributed by atoms with Crippen LogP contribution in [0.4, 0.5) is 11.4 Å². The SMILES string of the molecule is CC(OC(=O)CCNC(=O)CCC(=O)c1cccs1)C(=O)Nc1ccc(N2CCOCC2)cc1. The highest BCUT2D eigenvalue weighted by Crippen LogP contribution is 2.19. The van der Waals surface area contributed by atoms with E-state index in [1.807, 2.05) is 17.5 Å². The molecule has 0 bridgehead atoms. The predicted octanol–water partition coefficient (Wildman–Crippen LogP) is 2.62. The number of ketones is 1. The smallest absolute Gasteiger partial charge is 0.308 e. The number of benzene rings is 1. The van der Waals surface area contributed by atoms with Crippen LogP contribution in [-0.2, 0) is 23.9 Å². The van der Waals surface area contributed by atoms with Gasteiger partial charge in [0.15, 0.2) is 11.9 Å². The highest BCUT2D eigenvalue weighted by atomic mass is 32.1. The first-order valence-corrected chi connectivity index (χ1v) is 12.1. The Balaban J connectivity index is 1.32. The minimum atomic E-state index is -0.981. The normalized spacial score (nSPS) is 14.2. The second kappa shape index (κ2) is 12.9. The molecule has 1 aromatic heterocycles. The Morgan fingerprint density at radius 1 is 1.06 bits per heavy atom. The van der Waals surface area contributed by atoms with Crippen LogP contribution in [0.2, 0.25) is 0 Å². The van der Waals surface area contributed by atoms with Crippen LogP contribution in [0.25, 0.3) is 0 Å². The number of hydrogen-bond acceptors (Lipinski definition) is 8. The van der Waals surface area contributed by atoms with E-state index < -0.39 is 18.0 Å². The molecule has 34 heavy (non-hydrogen) atoms. The number of thiophene rings is 1. The van der Waals surface area contributed by atoms with E-state index in [-0.39, 0.29) is 37.5 Å². The van der Waals surface area contributed by atoms with Gasteiger partial charge in [-0.1, -0.05) is 6.07 Å². The first kappa shape index (κ1) is 25.4. The van der Waals surface area contributed by atoms with Gasteiger partial charge in [0, 0.05) is 43.9 Å². The van der Waals surface area contributed by atoms with Crippen LogP contribution in [-0.4, -0.2) is 62.5 Å². The van der Waals surface area contributed by atoms with Crippen LogP contribution < -0.4 is 15.5 Å². The molecule has 0 aliphatic carbocycles. The van der Waals surface area contributed by atoms with Crippen molar-refractivity contribution in [1.82, 2.24) is 5.32 Å². The van der Waals surface area contributed by atoms with Gasteiger partial charge in [0.25, 0.3) is 5.91 Å². The molecule has 182 valence electrons. The Labute approximate surface area is 202 Å². The number of rotatable bonds is 11. The fraction of sp³-hybridized carbons (Fsp3) is 0.417. The van der Waals surface area contributed by atoms with Crippen LogP contribution in [0.5, 0.6) is 0 Å². The lowest BCUT2D eigenvalue weighted by Crippen LogP contribution is -2.36. The number of carbonyl (C=O) groups is 4. The summed E-state index contributed by atoms with van der Waals surface area (Å²) >= 11 is 1.34. The standard InChI is InChI=1S/C24H29N3O6S/c1-17(24(31)26-18-4-6-19(7-5-18)27-12-14-32-15-13-27)33-23(30)10-11-25-22(29)9-8-20(28)21-3-2-16-34-21/h2-7,16-17H,8-15H2,1H3,(H,25,29)(H,26,31). The molecule has 1 saturated heterocycles. The monoisotopic (exact) mass is 487 g/mol. The van der Waals surface area contributed by atoms with Crippen molar-refractivity contribution in [1.29, 1.82) is 0 Å². The van der Waals surface area contributed by atoms with Crippen molar-refractivity contribution in [3.8, 4) is 0 Å². The van der Waals surface area contributed by atoms with Gasteiger partial charge in [0.2, 0.25) is 5.91 Å². The van der Waals surface area contributed by atoms with Crippen LogP contribution >= 0.6 is 11.3 Å². The van der Waals surface area contributed by atoms with Crippen LogP contribution in [0.15, 0.2) is 41.8 Å². The zero-order chi connectivity index (χ0) is 24.3.